The third kappa shape index (κ3) is 4.71. The van der Waals surface area contributed by atoms with E-state index in [0.717, 1.165) is 18.7 Å². The van der Waals surface area contributed by atoms with Crippen LogP contribution in [0, 0.1) is 6.92 Å². The molecule has 0 fully saturated rings. The van der Waals surface area contributed by atoms with E-state index in [-0.39, 0.29) is 24.3 Å². The molecule has 1 heterocycles. The van der Waals surface area contributed by atoms with E-state index < -0.39 is 0 Å². The van der Waals surface area contributed by atoms with E-state index in [1.165, 1.54) is 27.8 Å². The summed E-state index contributed by atoms with van der Waals surface area (Å²) >= 11 is 0. The smallest absolute Gasteiger partial charge is 0.00701 e. The van der Waals surface area contributed by atoms with Crippen LogP contribution < -0.4 is 5.09 Å². The second-order valence-corrected chi connectivity index (χ2v) is 15.0. The monoisotopic (exact) mass is 451 g/mol. The maximum Gasteiger partial charge on any atom is 0.00701 e. The Hall–Kier alpha value is -1.17. The van der Waals surface area contributed by atoms with Crippen LogP contribution in [0.25, 0.3) is 11.1 Å². The van der Waals surface area contributed by atoms with Crippen molar-refractivity contribution < 1.29 is 0 Å². The maximum atomic E-state index is 3.73. The third-order valence-corrected chi connectivity index (χ3v) is 9.21. The first-order valence-corrected chi connectivity index (χ1v) is 14.1. The lowest BCUT2D eigenvalue weighted by molar-refractivity contribution is 0.563. The fourth-order valence-corrected chi connectivity index (χ4v) is 7.19. The molecule has 32 heavy (non-hydrogen) atoms. The Balaban J connectivity index is 2.55. The molecule has 3 rings (SSSR count). The van der Waals surface area contributed by atoms with Gasteiger partial charge in [0.15, 0.2) is 0 Å². The first kappa shape index (κ1) is 25.5. The Bertz CT molecular complexity index is 1010. The minimum Gasteiger partial charge on any atom is -0.298 e. The molecule has 1 aliphatic rings. The Kier molecular flexibility index (Phi) is 6.81. The second-order valence-electron chi connectivity index (χ2n) is 12.8. The molecule has 0 saturated carbocycles. The molecule has 0 aliphatic carbocycles. The third-order valence-electron chi connectivity index (χ3n) is 7.18. The molecule has 0 saturated heterocycles. The molecular weight excluding hydrogens is 405 g/mol. The zero-order valence-electron chi connectivity index (χ0n) is 22.8. The molecule has 1 aliphatic heterocycles. The predicted octanol–water partition coefficient (Wildman–Crippen LogP) is 8.75. The van der Waals surface area contributed by atoms with Gasteiger partial charge in [-0.05, 0) is 94.8 Å². The highest BCUT2D eigenvalue weighted by atomic mass is 31.1. The first-order chi connectivity index (χ1) is 14.6. The van der Waals surface area contributed by atoms with Crippen molar-refractivity contribution in [3.05, 3.63) is 57.1 Å². The van der Waals surface area contributed by atoms with E-state index in [9.17, 15) is 0 Å². The molecule has 0 radical (unpaired) electrons. The van der Waals surface area contributed by atoms with Crippen LogP contribution in [0.5, 0.6) is 0 Å². The Morgan fingerprint density at radius 1 is 0.781 bits per heavy atom. The molecule has 1 atom stereocenters. The molecular formula is C30H46NP. The summed E-state index contributed by atoms with van der Waals surface area (Å²) in [6, 6.07) is 7.60. The van der Waals surface area contributed by atoms with Crippen LogP contribution in [0.1, 0.15) is 108 Å². The summed E-state index contributed by atoms with van der Waals surface area (Å²) in [4.78, 5) is 0. The van der Waals surface area contributed by atoms with Crippen molar-refractivity contribution in [2.75, 3.05) is 7.05 Å². The van der Waals surface area contributed by atoms with Gasteiger partial charge in [0, 0.05) is 12.3 Å². The van der Waals surface area contributed by atoms with Gasteiger partial charge in [-0.3, -0.25) is 5.09 Å². The van der Waals surface area contributed by atoms with Crippen LogP contribution in [-0.4, -0.2) is 7.05 Å². The number of aryl methyl sites for hydroxylation is 1. The molecule has 2 aromatic carbocycles. The molecule has 0 spiro atoms. The molecule has 1 nitrogen and oxygen atoms in total. The van der Waals surface area contributed by atoms with Crippen molar-refractivity contribution in [2.24, 2.45) is 0 Å². The molecule has 0 aromatic heterocycles. The summed E-state index contributed by atoms with van der Waals surface area (Å²) in [5.41, 5.74) is 14.2. The van der Waals surface area contributed by atoms with Gasteiger partial charge in [0.2, 0.25) is 0 Å². The fourth-order valence-electron chi connectivity index (χ4n) is 5.30. The predicted molar refractivity (Wildman–Crippen MR) is 145 cm³/mol. The summed E-state index contributed by atoms with van der Waals surface area (Å²) in [5, 5.41) is 3.73. The highest BCUT2D eigenvalue weighted by molar-refractivity contribution is 7.53. The van der Waals surface area contributed by atoms with E-state index in [2.05, 4.69) is 106 Å². The van der Waals surface area contributed by atoms with Gasteiger partial charge in [-0.15, -0.1) is 0 Å². The minimum atomic E-state index is -0.292. The second kappa shape index (κ2) is 8.56. The number of fused-ring (bicyclic) bond motifs is 3. The van der Waals surface area contributed by atoms with Crippen molar-refractivity contribution in [1.82, 2.24) is 5.09 Å². The van der Waals surface area contributed by atoms with Gasteiger partial charge < -0.3 is 0 Å². The molecule has 2 heteroatoms. The average Bonchev–Trinajstić information content (AvgIpc) is 2.81. The molecule has 2 aromatic rings. The van der Waals surface area contributed by atoms with Crippen molar-refractivity contribution in [1.29, 1.82) is 0 Å². The zero-order chi connectivity index (χ0) is 24.2. The summed E-state index contributed by atoms with van der Waals surface area (Å²) in [6.07, 6.45) is 3.41. The number of nitrogens with one attached hydrogen (secondary N) is 1. The maximum absolute atomic E-state index is 3.73. The van der Waals surface area contributed by atoms with E-state index >= 15 is 0 Å². The minimum absolute atomic E-state index is 0.117. The molecule has 0 amide bonds. The Morgan fingerprint density at radius 2 is 1.34 bits per heavy atom. The van der Waals surface area contributed by atoms with E-state index in [4.69, 9.17) is 0 Å². The van der Waals surface area contributed by atoms with Crippen molar-refractivity contribution >= 4 is 8.07 Å². The van der Waals surface area contributed by atoms with Gasteiger partial charge in [0.25, 0.3) is 0 Å². The standard InChI is InChI=1S/C30H46NP/c1-13-20-14-21(28(3,4)5)15-22-23(20)17-32(31-12)18-24-26(30(9,10)11)16-25(29(6,7)8)19(2)27(22)24/h14-16,31H,13,17-18H2,1-12H3. The van der Waals surface area contributed by atoms with Crippen molar-refractivity contribution in [3.63, 3.8) is 0 Å². The quantitative estimate of drug-likeness (QED) is 0.450. The summed E-state index contributed by atoms with van der Waals surface area (Å²) in [7, 11) is 1.87. The fraction of sp³-hybridized carbons (Fsp3) is 0.600. The van der Waals surface area contributed by atoms with Gasteiger partial charge in [-0.1, -0.05) is 87.4 Å². The number of rotatable bonds is 2. The number of hydrogen-bond donors (Lipinski definition) is 1. The number of benzene rings is 2. The Labute approximate surface area is 199 Å². The lowest BCUT2D eigenvalue weighted by Gasteiger charge is -2.33. The lowest BCUT2D eigenvalue weighted by atomic mass is 9.72. The van der Waals surface area contributed by atoms with Crippen LogP contribution >= 0.6 is 8.07 Å². The van der Waals surface area contributed by atoms with Gasteiger partial charge in [-0.25, -0.2) is 0 Å². The van der Waals surface area contributed by atoms with Crippen LogP contribution in [0.4, 0.5) is 0 Å². The molecule has 1 N–H and O–H groups in total. The van der Waals surface area contributed by atoms with E-state index in [1.807, 2.05) is 0 Å². The zero-order valence-corrected chi connectivity index (χ0v) is 23.7. The van der Waals surface area contributed by atoms with Crippen LogP contribution in [-0.2, 0) is 35.0 Å². The summed E-state index contributed by atoms with van der Waals surface area (Å²) in [5.74, 6) is 0. The van der Waals surface area contributed by atoms with Gasteiger partial charge in [0.05, 0.1) is 0 Å². The average molecular weight is 452 g/mol. The van der Waals surface area contributed by atoms with Crippen molar-refractivity contribution in [3.8, 4) is 11.1 Å². The Morgan fingerprint density at radius 3 is 1.81 bits per heavy atom. The lowest BCUT2D eigenvalue weighted by Crippen LogP contribution is -2.21. The molecule has 0 bridgehead atoms. The normalized spacial score (nSPS) is 17.1. The highest BCUT2D eigenvalue weighted by Gasteiger charge is 2.33. The highest BCUT2D eigenvalue weighted by Crippen LogP contribution is 2.53. The van der Waals surface area contributed by atoms with Gasteiger partial charge >= 0.3 is 0 Å². The van der Waals surface area contributed by atoms with Crippen LogP contribution in [0.3, 0.4) is 0 Å². The number of hydrogen-bond acceptors (Lipinski definition) is 1. The van der Waals surface area contributed by atoms with Crippen molar-refractivity contribution in [2.45, 2.75) is 111 Å². The first-order valence-electron chi connectivity index (χ1n) is 12.4. The summed E-state index contributed by atoms with van der Waals surface area (Å²) < 4.78 is 0. The SMILES string of the molecule is CCc1cc(C(C)(C)C)cc2c1CP(NC)Cc1c(C(C)(C)C)cc(C(C)(C)C)c(C)c1-2. The summed E-state index contributed by atoms with van der Waals surface area (Å²) in [6.45, 7) is 26.1. The van der Waals surface area contributed by atoms with Crippen LogP contribution in [0.2, 0.25) is 0 Å². The van der Waals surface area contributed by atoms with Gasteiger partial charge in [-0.2, -0.15) is 0 Å². The van der Waals surface area contributed by atoms with E-state index in [1.54, 1.807) is 22.3 Å². The van der Waals surface area contributed by atoms with E-state index in [0.29, 0.717) is 0 Å². The molecule has 1 unspecified atom stereocenters. The molecule has 176 valence electrons. The largest absolute Gasteiger partial charge is 0.298 e. The topological polar surface area (TPSA) is 12.0 Å². The van der Waals surface area contributed by atoms with Gasteiger partial charge in [0.1, 0.15) is 0 Å². The van der Waals surface area contributed by atoms with Crippen LogP contribution in [0.15, 0.2) is 18.2 Å².